The number of nitrogens with zero attached hydrogens (tertiary/aromatic N) is 1. The largest absolute Gasteiger partial charge is 0.495 e. The van der Waals surface area contributed by atoms with Crippen molar-refractivity contribution < 1.29 is 4.74 Å². The van der Waals surface area contributed by atoms with Crippen molar-refractivity contribution in [1.29, 1.82) is 0 Å². The number of nitrogens with two attached hydrogens (primary N) is 1. The lowest BCUT2D eigenvalue weighted by Gasteiger charge is -2.08. The second-order valence-electron chi connectivity index (χ2n) is 4.75. The minimum absolute atomic E-state index is 0.407. The number of anilines is 1. The summed E-state index contributed by atoms with van der Waals surface area (Å²) >= 11 is 6.05. The van der Waals surface area contributed by atoms with E-state index < -0.39 is 0 Å². The third kappa shape index (κ3) is 4.17. The van der Waals surface area contributed by atoms with Crippen molar-refractivity contribution >= 4 is 23.2 Å². The Morgan fingerprint density at radius 2 is 2.35 bits per heavy atom. The molecule has 0 amide bonds. The molecule has 20 heavy (non-hydrogen) atoms. The van der Waals surface area contributed by atoms with Crippen molar-refractivity contribution in [3.05, 3.63) is 34.9 Å². The van der Waals surface area contributed by atoms with Crippen LogP contribution in [-0.4, -0.2) is 19.6 Å². The van der Waals surface area contributed by atoms with Crippen LogP contribution in [0.5, 0.6) is 5.75 Å². The van der Waals surface area contributed by atoms with Crippen molar-refractivity contribution in [2.45, 2.75) is 25.7 Å². The molecule has 1 aliphatic carbocycles. The number of rotatable bonds is 5. The van der Waals surface area contributed by atoms with Crippen molar-refractivity contribution in [3.63, 3.8) is 0 Å². The van der Waals surface area contributed by atoms with E-state index in [0.717, 1.165) is 12.1 Å². The molecule has 0 aliphatic heterocycles. The Balaban J connectivity index is 1.86. The summed E-state index contributed by atoms with van der Waals surface area (Å²) in [6, 6.07) is 5.41. The number of hydrogen-bond donors (Lipinski definition) is 2. The molecule has 0 heterocycles. The molecule has 1 aromatic carbocycles. The maximum absolute atomic E-state index is 6.05. The predicted molar refractivity (Wildman–Crippen MR) is 84.7 cm³/mol. The van der Waals surface area contributed by atoms with Crippen molar-refractivity contribution in [1.82, 2.24) is 0 Å². The Kier molecular flexibility index (Phi) is 5.30. The highest BCUT2D eigenvalue weighted by atomic mass is 35.5. The summed E-state index contributed by atoms with van der Waals surface area (Å²) in [7, 11) is 1.59. The van der Waals surface area contributed by atoms with Crippen LogP contribution >= 0.6 is 11.6 Å². The van der Waals surface area contributed by atoms with Gasteiger partial charge in [0.25, 0.3) is 0 Å². The van der Waals surface area contributed by atoms with E-state index in [1.165, 1.54) is 24.8 Å². The quantitative estimate of drug-likeness (QED) is 0.495. The molecule has 0 radical (unpaired) electrons. The summed E-state index contributed by atoms with van der Waals surface area (Å²) in [5, 5.41) is 3.57. The number of methoxy groups -OCH3 is 1. The van der Waals surface area contributed by atoms with Gasteiger partial charge in [-0.25, -0.2) is 0 Å². The maximum atomic E-state index is 6.05. The van der Waals surface area contributed by atoms with Crippen molar-refractivity contribution in [2.24, 2.45) is 10.7 Å². The first-order chi connectivity index (χ1) is 9.69. The lowest BCUT2D eigenvalue weighted by molar-refractivity contribution is 0.415. The summed E-state index contributed by atoms with van der Waals surface area (Å²) < 4.78 is 5.10. The Bertz CT molecular complexity index is 526. The SMILES string of the molecule is COc1ccc(NC(N)=NCCC2=CCCC2)cc1Cl. The first-order valence-corrected chi connectivity index (χ1v) is 7.15. The number of guanidine groups is 1. The Labute approximate surface area is 124 Å². The van der Waals surface area contributed by atoms with Gasteiger partial charge in [0.15, 0.2) is 5.96 Å². The summed E-state index contributed by atoms with van der Waals surface area (Å²) in [5.74, 6) is 1.05. The zero-order valence-electron chi connectivity index (χ0n) is 11.7. The van der Waals surface area contributed by atoms with Crippen LogP contribution in [0.15, 0.2) is 34.8 Å². The van der Waals surface area contributed by atoms with E-state index in [1.54, 1.807) is 19.2 Å². The van der Waals surface area contributed by atoms with Crippen LogP contribution in [0.4, 0.5) is 5.69 Å². The fourth-order valence-corrected chi connectivity index (χ4v) is 2.47. The summed E-state index contributed by atoms with van der Waals surface area (Å²) in [4.78, 5) is 4.32. The van der Waals surface area contributed by atoms with E-state index in [-0.39, 0.29) is 0 Å². The highest BCUT2D eigenvalue weighted by Crippen LogP contribution is 2.27. The second-order valence-corrected chi connectivity index (χ2v) is 5.15. The first kappa shape index (κ1) is 14.7. The van der Waals surface area contributed by atoms with Gasteiger partial charge >= 0.3 is 0 Å². The van der Waals surface area contributed by atoms with Gasteiger partial charge in [-0.1, -0.05) is 23.3 Å². The van der Waals surface area contributed by atoms with Crippen LogP contribution < -0.4 is 15.8 Å². The van der Waals surface area contributed by atoms with Crippen LogP contribution in [0.25, 0.3) is 0 Å². The van der Waals surface area contributed by atoms with Crippen LogP contribution in [-0.2, 0) is 0 Å². The fraction of sp³-hybridized carbons (Fsp3) is 0.400. The molecule has 0 saturated carbocycles. The Morgan fingerprint density at radius 3 is 3.00 bits per heavy atom. The van der Waals surface area contributed by atoms with Gasteiger partial charge in [0.1, 0.15) is 5.75 Å². The van der Waals surface area contributed by atoms with Gasteiger partial charge in [-0.15, -0.1) is 0 Å². The molecule has 0 fully saturated rings. The molecule has 0 atom stereocenters. The van der Waals surface area contributed by atoms with Gasteiger partial charge in [0.05, 0.1) is 12.1 Å². The van der Waals surface area contributed by atoms with Crippen LogP contribution in [0, 0.1) is 0 Å². The third-order valence-corrected chi connectivity index (χ3v) is 3.57. The number of allylic oxidation sites excluding steroid dienone is 1. The van der Waals surface area contributed by atoms with E-state index in [4.69, 9.17) is 22.1 Å². The van der Waals surface area contributed by atoms with E-state index in [1.807, 2.05) is 6.07 Å². The molecule has 0 bridgehead atoms. The average Bonchev–Trinajstić information content (AvgIpc) is 2.92. The second kappa shape index (κ2) is 7.20. The molecule has 3 N–H and O–H groups in total. The lowest BCUT2D eigenvalue weighted by Crippen LogP contribution is -2.22. The summed E-state index contributed by atoms with van der Waals surface area (Å²) in [5.41, 5.74) is 8.15. The molecule has 0 spiro atoms. The monoisotopic (exact) mass is 293 g/mol. The number of benzene rings is 1. The molecule has 0 aromatic heterocycles. The molecule has 4 nitrogen and oxygen atoms in total. The zero-order valence-corrected chi connectivity index (χ0v) is 12.4. The Hall–Kier alpha value is -1.68. The van der Waals surface area contributed by atoms with E-state index in [9.17, 15) is 0 Å². The molecule has 2 rings (SSSR count). The zero-order chi connectivity index (χ0) is 14.4. The smallest absolute Gasteiger partial charge is 0.193 e. The number of nitrogens with one attached hydrogen (secondary N) is 1. The van der Waals surface area contributed by atoms with Gasteiger partial charge in [0.2, 0.25) is 0 Å². The third-order valence-electron chi connectivity index (χ3n) is 3.27. The van der Waals surface area contributed by atoms with Gasteiger partial charge in [-0.3, -0.25) is 4.99 Å². The van der Waals surface area contributed by atoms with Gasteiger partial charge in [-0.05, 0) is 43.9 Å². The summed E-state index contributed by atoms with van der Waals surface area (Å²) in [6.07, 6.45) is 6.99. The van der Waals surface area contributed by atoms with E-state index in [0.29, 0.717) is 23.3 Å². The fourth-order valence-electron chi connectivity index (χ4n) is 2.22. The molecular formula is C15H20ClN3O. The van der Waals surface area contributed by atoms with Gasteiger partial charge in [-0.2, -0.15) is 0 Å². The Morgan fingerprint density at radius 1 is 1.50 bits per heavy atom. The standard InChI is InChI=1S/C15H20ClN3O/c1-20-14-7-6-12(10-13(14)16)19-15(17)18-9-8-11-4-2-3-5-11/h4,6-7,10H,2-3,5,8-9H2,1H3,(H3,17,18,19). The van der Waals surface area contributed by atoms with Gasteiger partial charge in [0, 0.05) is 12.2 Å². The van der Waals surface area contributed by atoms with Gasteiger partial charge < -0.3 is 15.8 Å². The highest BCUT2D eigenvalue weighted by molar-refractivity contribution is 6.32. The van der Waals surface area contributed by atoms with E-state index in [2.05, 4.69) is 16.4 Å². The van der Waals surface area contributed by atoms with E-state index >= 15 is 0 Å². The predicted octanol–water partition coefficient (Wildman–Crippen LogP) is 3.58. The molecule has 108 valence electrons. The highest BCUT2D eigenvalue weighted by Gasteiger charge is 2.04. The number of halogens is 1. The number of aliphatic imine (C=N–C) groups is 1. The van der Waals surface area contributed by atoms with Crippen LogP contribution in [0.3, 0.4) is 0 Å². The van der Waals surface area contributed by atoms with Crippen molar-refractivity contribution in [2.75, 3.05) is 19.0 Å². The van der Waals surface area contributed by atoms with Crippen LogP contribution in [0.2, 0.25) is 5.02 Å². The molecule has 5 heteroatoms. The first-order valence-electron chi connectivity index (χ1n) is 6.77. The lowest BCUT2D eigenvalue weighted by atomic mass is 10.2. The maximum Gasteiger partial charge on any atom is 0.193 e. The minimum Gasteiger partial charge on any atom is -0.495 e. The number of hydrogen-bond acceptors (Lipinski definition) is 2. The molecule has 1 aromatic rings. The molecule has 0 saturated heterocycles. The summed E-state index contributed by atoms with van der Waals surface area (Å²) in [6.45, 7) is 0.717. The number of ether oxygens (including phenoxy) is 1. The molecular weight excluding hydrogens is 274 g/mol. The average molecular weight is 294 g/mol. The minimum atomic E-state index is 0.407. The van der Waals surface area contributed by atoms with Crippen LogP contribution in [0.1, 0.15) is 25.7 Å². The molecule has 0 unspecified atom stereocenters. The normalized spacial score (nSPS) is 15.1. The topological polar surface area (TPSA) is 59.6 Å². The molecule has 1 aliphatic rings. The van der Waals surface area contributed by atoms with Crippen molar-refractivity contribution in [3.8, 4) is 5.75 Å².